The van der Waals surface area contributed by atoms with Gasteiger partial charge in [-0.05, 0) is 46.2 Å². The molecule has 1 saturated carbocycles. The molecule has 0 unspecified atom stereocenters. The number of hydrogen-bond acceptors (Lipinski definition) is 3. The van der Waals surface area contributed by atoms with Crippen LogP contribution in [0.25, 0.3) is 0 Å². The molecular weight excluding hydrogens is 276 g/mol. The van der Waals surface area contributed by atoms with Gasteiger partial charge in [0, 0.05) is 18.3 Å². The molecular formula is C17H30N4O. The lowest BCUT2D eigenvalue weighted by molar-refractivity contribution is -0.126. The average Bonchev–Trinajstić information content (AvgIpc) is 3.07. The van der Waals surface area contributed by atoms with Gasteiger partial charge in [0.25, 0.3) is 0 Å². The van der Waals surface area contributed by atoms with Gasteiger partial charge in [0.2, 0.25) is 5.91 Å². The van der Waals surface area contributed by atoms with E-state index in [1.54, 1.807) is 0 Å². The molecule has 1 aromatic rings. The first-order valence-electron chi connectivity index (χ1n) is 8.53. The molecule has 0 aromatic carbocycles. The van der Waals surface area contributed by atoms with Crippen LogP contribution in [0.1, 0.15) is 50.4 Å². The number of aryl methyl sites for hydroxylation is 2. The van der Waals surface area contributed by atoms with E-state index in [9.17, 15) is 4.79 Å². The lowest BCUT2D eigenvalue weighted by Gasteiger charge is -2.27. The predicted octanol–water partition coefficient (Wildman–Crippen LogP) is 2.27. The van der Waals surface area contributed by atoms with E-state index >= 15 is 0 Å². The molecule has 2 rings (SSSR count). The summed E-state index contributed by atoms with van der Waals surface area (Å²) in [6.07, 6.45) is 5.60. The van der Waals surface area contributed by atoms with Crippen molar-refractivity contribution in [2.75, 3.05) is 13.6 Å². The monoisotopic (exact) mass is 306 g/mol. The lowest BCUT2D eigenvalue weighted by atomic mass is 10.1. The molecule has 1 aliphatic rings. The molecule has 1 aromatic heterocycles. The van der Waals surface area contributed by atoms with Gasteiger partial charge in [0.1, 0.15) is 0 Å². The van der Waals surface area contributed by atoms with Crippen LogP contribution in [0.5, 0.6) is 0 Å². The van der Waals surface area contributed by atoms with Crippen molar-refractivity contribution in [3.05, 3.63) is 17.5 Å². The molecule has 1 amide bonds. The van der Waals surface area contributed by atoms with Crippen molar-refractivity contribution < 1.29 is 4.79 Å². The fraction of sp³-hybridized carbons (Fsp3) is 0.765. The fourth-order valence-corrected chi connectivity index (χ4v) is 3.37. The minimum atomic E-state index is -0.0439. The number of carbonyl (C=O) groups is 1. The van der Waals surface area contributed by atoms with E-state index in [2.05, 4.69) is 35.2 Å². The maximum absolute atomic E-state index is 12.5. The summed E-state index contributed by atoms with van der Waals surface area (Å²) in [6.45, 7) is 7.82. The van der Waals surface area contributed by atoms with Crippen LogP contribution >= 0.6 is 0 Å². The van der Waals surface area contributed by atoms with Crippen LogP contribution in [0.2, 0.25) is 0 Å². The van der Waals surface area contributed by atoms with Crippen molar-refractivity contribution in [3.63, 3.8) is 0 Å². The quantitative estimate of drug-likeness (QED) is 0.841. The third-order valence-electron chi connectivity index (χ3n) is 4.69. The number of hydrogen-bond donors (Lipinski definition) is 1. The van der Waals surface area contributed by atoms with Gasteiger partial charge in [-0.1, -0.05) is 19.8 Å². The van der Waals surface area contributed by atoms with E-state index in [-0.39, 0.29) is 11.9 Å². The van der Waals surface area contributed by atoms with Gasteiger partial charge in [-0.3, -0.25) is 14.4 Å². The van der Waals surface area contributed by atoms with Crippen LogP contribution in [0.15, 0.2) is 6.07 Å². The molecule has 0 radical (unpaired) electrons. The molecule has 1 fully saturated rings. The van der Waals surface area contributed by atoms with Crippen molar-refractivity contribution in [3.8, 4) is 0 Å². The Balaban J connectivity index is 1.86. The third kappa shape index (κ3) is 4.32. The van der Waals surface area contributed by atoms with E-state index in [0.29, 0.717) is 6.04 Å². The summed E-state index contributed by atoms with van der Waals surface area (Å²) in [4.78, 5) is 14.6. The van der Waals surface area contributed by atoms with E-state index in [1.807, 2.05) is 18.7 Å². The number of nitrogens with zero attached hydrogens (tertiary/aromatic N) is 3. The number of amides is 1. The first kappa shape index (κ1) is 17.0. The van der Waals surface area contributed by atoms with Gasteiger partial charge in [0.05, 0.1) is 18.3 Å². The predicted molar refractivity (Wildman–Crippen MR) is 88.8 cm³/mol. The molecule has 0 spiro atoms. The highest BCUT2D eigenvalue weighted by molar-refractivity contribution is 5.81. The van der Waals surface area contributed by atoms with Crippen molar-refractivity contribution >= 4 is 5.91 Å². The van der Waals surface area contributed by atoms with Gasteiger partial charge in [-0.2, -0.15) is 5.10 Å². The summed E-state index contributed by atoms with van der Waals surface area (Å²) in [6, 6.07) is 2.44. The fourth-order valence-electron chi connectivity index (χ4n) is 3.37. The molecule has 1 heterocycles. The van der Waals surface area contributed by atoms with Crippen LogP contribution in [0.3, 0.4) is 0 Å². The number of carbonyl (C=O) groups excluding carboxylic acids is 1. The minimum absolute atomic E-state index is 0.0439. The van der Waals surface area contributed by atoms with Crippen LogP contribution in [-0.4, -0.2) is 46.3 Å². The highest BCUT2D eigenvalue weighted by atomic mass is 16.2. The molecule has 1 atom stereocenters. The Labute approximate surface area is 134 Å². The lowest BCUT2D eigenvalue weighted by Crippen LogP contribution is -2.48. The third-order valence-corrected chi connectivity index (χ3v) is 4.69. The summed E-state index contributed by atoms with van der Waals surface area (Å²) in [5.74, 6) is 0.185. The Morgan fingerprint density at radius 2 is 2.14 bits per heavy atom. The van der Waals surface area contributed by atoms with E-state index < -0.39 is 0 Å². The zero-order chi connectivity index (χ0) is 16.1. The molecule has 0 aliphatic heterocycles. The van der Waals surface area contributed by atoms with Gasteiger partial charge in [0.15, 0.2) is 0 Å². The second-order valence-electron chi connectivity index (χ2n) is 6.54. The molecule has 22 heavy (non-hydrogen) atoms. The Morgan fingerprint density at radius 1 is 1.45 bits per heavy atom. The zero-order valence-corrected chi connectivity index (χ0v) is 14.4. The first-order valence-corrected chi connectivity index (χ1v) is 8.53. The van der Waals surface area contributed by atoms with E-state index in [0.717, 1.165) is 38.0 Å². The van der Waals surface area contributed by atoms with Crippen LogP contribution in [0.4, 0.5) is 0 Å². The first-order chi connectivity index (χ1) is 10.5. The van der Waals surface area contributed by atoms with E-state index in [1.165, 1.54) is 18.5 Å². The SMILES string of the molecule is CC[C@H](C(=O)NC1CCCC1)N(C)CCn1nc(C)cc1C. The zero-order valence-electron chi connectivity index (χ0n) is 14.4. The molecule has 0 saturated heterocycles. The normalized spacial score (nSPS) is 17.1. The highest BCUT2D eigenvalue weighted by Gasteiger charge is 2.25. The summed E-state index contributed by atoms with van der Waals surface area (Å²) in [5.41, 5.74) is 2.22. The van der Waals surface area contributed by atoms with Crippen LogP contribution in [-0.2, 0) is 11.3 Å². The summed E-state index contributed by atoms with van der Waals surface area (Å²) >= 11 is 0. The smallest absolute Gasteiger partial charge is 0.237 e. The topological polar surface area (TPSA) is 50.2 Å². The summed E-state index contributed by atoms with van der Waals surface area (Å²) < 4.78 is 2.02. The average molecular weight is 306 g/mol. The molecule has 1 N–H and O–H groups in total. The Kier molecular flexibility index (Phi) is 6.00. The van der Waals surface area contributed by atoms with Crippen LogP contribution < -0.4 is 5.32 Å². The van der Waals surface area contributed by atoms with Gasteiger partial charge < -0.3 is 5.32 Å². The maximum Gasteiger partial charge on any atom is 0.237 e. The summed E-state index contributed by atoms with van der Waals surface area (Å²) in [5, 5.41) is 7.71. The molecule has 5 nitrogen and oxygen atoms in total. The Hall–Kier alpha value is -1.36. The standard InChI is InChI=1S/C17H30N4O/c1-5-16(17(22)18-15-8-6-7-9-15)20(4)10-11-21-14(3)12-13(2)19-21/h12,15-16H,5-11H2,1-4H3,(H,18,22)/t16-/m1/s1. The second kappa shape index (κ2) is 7.77. The molecule has 5 heteroatoms. The summed E-state index contributed by atoms with van der Waals surface area (Å²) in [7, 11) is 2.04. The Bertz CT molecular complexity index is 491. The molecule has 124 valence electrons. The largest absolute Gasteiger partial charge is 0.352 e. The molecule has 0 bridgehead atoms. The van der Waals surface area contributed by atoms with Crippen molar-refractivity contribution in [2.24, 2.45) is 0 Å². The number of likely N-dealkylation sites (N-methyl/N-ethyl adjacent to an activating group) is 1. The van der Waals surface area contributed by atoms with Crippen molar-refractivity contribution in [2.45, 2.75) is 71.5 Å². The van der Waals surface area contributed by atoms with Crippen molar-refractivity contribution in [1.82, 2.24) is 20.0 Å². The molecule has 1 aliphatic carbocycles. The van der Waals surface area contributed by atoms with Crippen LogP contribution in [0, 0.1) is 13.8 Å². The van der Waals surface area contributed by atoms with Crippen molar-refractivity contribution in [1.29, 1.82) is 0 Å². The number of rotatable bonds is 7. The van der Waals surface area contributed by atoms with E-state index in [4.69, 9.17) is 0 Å². The highest BCUT2D eigenvalue weighted by Crippen LogP contribution is 2.18. The van der Waals surface area contributed by atoms with Gasteiger partial charge in [-0.25, -0.2) is 0 Å². The number of nitrogens with one attached hydrogen (secondary N) is 1. The minimum Gasteiger partial charge on any atom is -0.352 e. The second-order valence-corrected chi connectivity index (χ2v) is 6.54. The van der Waals surface area contributed by atoms with Gasteiger partial charge in [-0.15, -0.1) is 0 Å². The maximum atomic E-state index is 12.5. The Morgan fingerprint density at radius 3 is 2.68 bits per heavy atom. The van der Waals surface area contributed by atoms with Gasteiger partial charge >= 0.3 is 0 Å². The number of aromatic nitrogens is 2.